The normalized spacial score (nSPS) is 23.8. The summed E-state index contributed by atoms with van der Waals surface area (Å²) in [5, 5.41) is 7.10. The molecule has 8 heteroatoms. The van der Waals surface area contributed by atoms with Crippen molar-refractivity contribution >= 4 is 40.0 Å². The Kier molecular flexibility index (Phi) is 8.57. The fourth-order valence-corrected chi connectivity index (χ4v) is 4.95. The van der Waals surface area contributed by atoms with Crippen molar-refractivity contribution in [2.45, 2.75) is 58.0 Å². The molecule has 1 aliphatic carbocycles. The van der Waals surface area contributed by atoms with Crippen LogP contribution in [0, 0.1) is 6.92 Å². The van der Waals surface area contributed by atoms with Crippen LogP contribution in [-0.4, -0.2) is 56.2 Å². The van der Waals surface area contributed by atoms with Crippen LogP contribution in [0.4, 0.5) is 0 Å². The Balaban J connectivity index is 0.00000280. The van der Waals surface area contributed by atoms with Crippen molar-refractivity contribution < 1.29 is 8.42 Å². The molecule has 0 bridgehead atoms. The zero-order chi connectivity index (χ0) is 19.4. The molecule has 28 heavy (non-hydrogen) atoms. The quantitative estimate of drug-likeness (QED) is 0.344. The largest absolute Gasteiger partial charge is 0.354 e. The summed E-state index contributed by atoms with van der Waals surface area (Å²) in [4.78, 5) is 4.60. The summed E-state index contributed by atoms with van der Waals surface area (Å²) in [6, 6.07) is 9.26. The number of nitrogens with zero attached hydrogens (tertiary/aromatic N) is 2. The summed E-state index contributed by atoms with van der Waals surface area (Å²) >= 11 is 0. The zero-order valence-electron chi connectivity index (χ0n) is 17.0. The molecule has 1 heterocycles. The van der Waals surface area contributed by atoms with Crippen molar-refractivity contribution in [3.8, 4) is 0 Å². The van der Waals surface area contributed by atoms with Crippen molar-refractivity contribution in [2.75, 3.05) is 25.4 Å². The molecule has 0 spiro atoms. The third-order valence-corrected chi connectivity index (χ3v) is 7.45. The molecule has 1 saturated carbocycles. The minimum absolute atomic E-state index is 0. The first kappa shape index (κ1) is 23.4. The van der Waals surface area contributed by atoms with Crippen molar-refractivity contribution in [1.29, 1.82) is 0 Å². The lowest BCUT2D eigenvalue weighted by Gasteiger charge is -2.32. The van der Waals surface area contributed by atoms with E-state index in [0.29, 0.717) is 25.0 Å². The first-order chi connectivity index (χ1) is 12.9. The Hall–Kier alpha value is -0.870. The van der Waals surface area contributed by atoms with E-state index >= 15 is 0 Å². The van der Waals surface area contributed by atoms with Crippen molar-refractivity contribution in [3.05, 3.63) is 35.4 Å². The van der Waals surface area contributed by atoms with Gasteiger partial charge in [-0.15, -0.1) is 24.0 Å². The number of aryl methyl sites for hydroxylation is 1. The Bertz CT molecular complexity index is 776. The van der Waals surface area contributed by atoms with Gasteiger partial charge < -0.3 is 10.6 Å². The monoisotopic (exact) mass is 520 g/mol. The lowest BCUT2D eigenvalue weighted by molar-refractivity contribution is 0.306. The highest BCUT2D eigenvalue weighted by atomic mass is 127. The molecule has 2 fully saturated rings. The standard InChI is InChI=1S/C20H32N4O2S.HI/c1-4-21-20(22-16-10-12-24(13-11-16)27(25,26)5-2)23-19-14-18(19)17-9-7-6-8-15(17)3;/h6-9,16,18-19H,4-5,10-14H2,1-3H3,(H2,21,22,23);1H. The highest BCUT2D eigenvalue weighted by molar-refractivity contribution is 14.0. The van der Waals surface area contributed by atoms with E-state index in [1.165, 1.54) is 11.1 Å². The second-order valence-electron chi connectivity index (χ2n) is 7.49. The number of guanidine groups is 1. The van der Waals surface area contributed by atoms with Crippen LogP contribution in [0.25, 0.3) is 0 Å². The Morgan fingerprint density at radius 1 is 1.18 bits per heavy atom. The minimum Gasteiger partial charge on any atom is -0.354 e. The van der Waals surface area contributed by atoms with E-state index in [2.05, 4.69) is 46.8 Å². The topological polar surface area (TPSA) is 73.8 Å². The van der Waals surface area contributed by atoms with E-state index in [4.69, 9.17) is 0 Å². The Morgan fingerprint density at radius 2 is 1.86 bits per heavy atom. The maximum atomic E-state index is 12.0. The fraction of sp³-hybridized carbons (Fsp3) is 0.650. The van der Waals surface area contributed by atoms with E-state index in [0.717, 1.165) is 31.8 Å². The van der Waals surface area contributed by atoms with Crippen molar-refractivity contribution in [2.24, 2.45) is 4.99 Å². The van der Waals surface area contributed by atoms with E-state index < -0.39 is 10.0 Å². The van der Waals surface area contributed by atoms with Gasteiger partial charge in [-0.3, -0.25) is 4.99 Å². The highest BCUT2D eigenvalue weighted by Gasteiger charge is 2.40. The number of benzene rings is 1. The number of hydrogen-bond donors (Lipinski definition) is 2. The maximum absolute atomic E-state index is 12.0. The Morgan fingerprint density at radius 3 is 2.46 bits per heavy atom. The highest BCUT2D eigenvalue weighted by Crippen LogP contribution is 2.42. The van der Waals surface area contributed by atoms with Gasteiger partial charge in [0.2, 0.25) is 10.0 Å². The first-order valence-corrected chi connectivity index (χ1v) is 11.7. The Labute approximate surface area is 186 Å². The number of piperidine rings is 1. The summed E-state index contributed by atoms with van der Waals surface area (Å²) < 4.78 is 25.6. The second kappa shape index (κ2) is 10.2. The predicted octanol–water partition coefficient (Wildman–Crippen LogP) is 2.84. The van der Waals surface area contributed by atoms with Crippen LogP contribution in [0.2, 0.25) is 0 Å². The van der Waals surface area contributed by atoms with Gasteiger partial charge in [-0.25, -0.2) is 12.7 Å². The van der Waals surface area contributed by atoms with Gasteiger partial charge in [0, 0.05) is 37.6 Å². The number of rotatable bonds is 6. The fourth-order valence-electron chi connectivity index (χ4n) is 3.82. The van der Waals surface area contributed by atoms with Crippen LogP contribution in [0.1, 0.15) is 50.2 Å². The summed E-state index contributed by atoms with van der Waals surface area (Å²) in [5.74, 6) is 1.58. The van der Waals surface area contributed by atoms with Gasteiger partial charge in [0.25, 0.3) is 0 Å². The third-order valence-electron chi connectivity index (χ3n) is 5.57. The van der Waals surface area contributed by atoms with E-state index in [-0.39, 0.29) is 35.8 Å². The molecule has 2 atom stereocenters. The van der Waals surface area contributed by atoms with Gasteiger partial charge in [0.05, 0.1) is 5.75 Å². The maximum Gasteiger partial charge on any atom is 0.213 e. The van der Waals surface area contributed by atoms with Gasteiger partial charge in [-0.2, -0.15) is 0 Å². The molecule has 1 aromatic rings. The lowest BCUT2D eigenvalue weighted by atomic mass is 10.0. The van der Waals surface area contributed by atoms with Crippen LogP contribution in [-0.2, 0) is 10.0 Å². The molecule has 0 radical (unpaired) electrons. The van der Waals surface area contributed by atoms with Crippen LogP contribution < -0.4 is 10.6 Å². The molecule has 1 aromatic carbocycles. The molecule has 2 aliphatic rings. The van der Waals surface area contributed by atoms with E-state index in [1.807, 2.05) is 6.92 Å². The van der Waals surface area contributed by atoms with Crippen LogP contribution in [0.15, 0.2) is 29.3 Å². The van der Waals surface area contributed by atoms with E-state index in [9.17, 15) is 8.42 Å². The number of hydrogen-bond acceptors (Lipinski definition) is 3. The van der Waals surface area contributed by atoms with Crippen LogP contribution in [0.5, 0.6) is 0 Å². The molecule has 1 aliphatic heterocycles. The molecule has 158 valence electrons. The summed E-state index contributed by atoms with van der Waals surface area (Å²) in [7, 11) is -3.07. The van der Waals surface area contributed by atoms with Gasteiger partial charge in [-0.05, 0) is 51.2 Å². The minimum atomic E-state index is -3.07. The smallest absolute Gasteiger partial charge is 0.213 e. The number of halogens is 1. The molecule has 2 N–H and O–H groups in total. The number of nitrogens with one attached hydrogen (secondary N) is 2. The second-order valence-corrected chi connectivity index (χ2v) is 9.75. The van der Waals surface area contributed by atoms with Crippen LogP contribution >= 0.6 is 24.0 Å². The SMILES string of the molecule is CCN=C(NC1CCN(S(=O)(=O)CC)CC1)NC1CC1c1ccccc1C.I. The summed E-state index contributed by atoms with van der Waals surface area (Å²) in [6.07, 6.45) is 2.76. The van der Waals surface area contributed by atoms with Gasteiger partial charge >= 0.3 is 0 Å². The first-order valence-electron chi connectivity index (χ1n) is 10.1. The van der Waals surface area contributed by atoms with Crippen molar-refractivity contribution in [3.63, 3.8) is 0 Å². The molecular formula is C20H33IN4O2S. The molecule has 3 rings (SSSR count). The molecule has 6 nitrogen and oxygen atoms in total. The number of sulfonamides is 1. The lowest BCUT2D eigenvalue weighted by Crippen LogP contribution is -2.50. The average molecular weight is 520 g/mol. The number of aliphatic imine (C=N–C) groups is 1. The summed E-state index contributed by atoms with van der Waals surface area (Å²) in [6.45, 7) is 7.80. The van der Waals surface area contributed by atoms with Gasteiger partial charge in [0.15, 0.2) is 5.96 Å². The molecule has 2 unspecified atom stereocenters. The molecule has 0 aromatic heterocycles. The molecule has 0 amide bonds. The third kappa shape index (κ3) is 5.82. The van der Waals surface area contributed by atoms with Crippen molar-refractivity contribution in [1.82, 2.24) is 14.9 Å². The van der Waals surface area contributed by atoms with Crippen LogP contribution in [0.3, 0.4) is 0 Å². The van der Waals surface area contributed by atoms with Gasteiger partial charge in [-0.1, -0.05) is 24.3 Å². The molecule has 1 saturated heterocycles. The predicted molar refractivity (Wildman–Crippen MR) is 126 cm³/mol. The summed E-state index contributed by atoms with van der Waals surface area (Å²) in [5.41, 5.74) is 2.77. The molecular weight excluding hydrogens is 487 g/mol. The van der Waals surface area contributed by atoms with E-state index in [1.54, 1.807) is 11.2 Å². The zero-order valence-corrected chi connectivity index (χ0v) is 20.2. The van der Waals surface area contributed by atoms with Gasteiger partial charge in [0.1, 0.15) is 0 Å². The average Bonchev–Trinajstić information content (AvgIpc) is 3.41.